The zero-order valence-corrected chi connectivity index (χ0v) is 16.4. The lowest BCUT2D eigenvalue weighted by Gasteiger charge is -2.19. The Morgan fingerprint density at radius 3 is 2.78 bits per heavy atom. The summed E-state index contributed by atoms with van der Waals surface area (Å²) >= 11 is 1.82. The molecule has 0 aliphatic carbocycles. The van der Waals surface area contributed by atoms with Crippen LogP contribution in [0.25, 0.3) is 0 Å². The third kappa shape index (κ3) is 4.41. The van der Waals surface area contributed by atoms with E-state index in [1.165, 1.54) is 10.4 Å². The molecule has 2 aromatic carbocycles. The smallest absolute Gasteiger partial charge is 0.123 e. The second kappa shape index (κ2) is 8.26. The molecule has 1 atom stereocenters. The molecule has 0 fully saturated rings. The number of fused-ring (bicyclic) bond motifs is 1. The standard InChI is InChI=1S/C23H25NO2S/c1-17-9-12-27-23(17)16-24-10-11-26-22-8-7-19(14-20(22)15-24)21(25)13-18-5-3-2-4-6-18/h2-9,12,14,21,25H,10-11,13,15-16H2,1H3/t21-/m1/s1. The van der Waals surface area contributed by atoms with E-state index in [1.54, 1.807) is 0 Å². The first kappa shape index (κ1) is 18.2. The molecule has 2 heterocycles. The molecular formula is C23H25NO2S. The largest absolute Gasteiger partial charge is 0.492 e. The number of ether oxygens (including phenoxy) is 1. The van der Waals surface area contributed by atoms with Gasteiger partial charge in [0.1, 0.15) is 12.4 Å². The Morgan fingerprint density at radius 1 is 1.15 bits per heavy atom. The van der Waals surface area contributed by atoms with Crippen LogP contribution in [0.15, 0.2) is 60.0 Å². The quantitative estimate of drug-likeness (QED) is 0.696. The van der Waals surface area contributed by atoms with E-state index in [0.29, 0.717) is 13.0 Å². The predicted molar refractivity (Wildman–Crippen MR) is 110 cm³/mol. The van der Waals surface area contributed by atoms with Gasteiger partial charge in [-0.1, -0.05) is 36.4 Å². The zero-order chi connectivity index (χ0) is 18.6. The van der Waals surface area contributed by atoms with Crippen molar-refractivity contribution in [3.63, 3.8) is 0 Å². The Bertz CT molecular complexity index is 890. The van der Waals surface area contributed by atoms with Gasteiger partial charge < -0.3 is 9.84 Å². The first-order valence-electron chi connectivity index (χ1n) is 9.42. The van der Waals surface area contributed by atoms with Gasteiger partial charge in [-0.3, -0.25) is 4.90 Å². The summed E-state index contributed by atoms with van der Waals surface area (Å²) < 4.78 is 5.96. The van der Waals surface area contributed by atoms with Gasteiger partial charge in [-0.25, -0.2) is 0 Å². The molecule has 3 aromatic rings. The van der Waals surface area contributed by atoms with Crippen LogP contribution in [0.4, 0.5) is 0 Å². The number of aliphatic hydroxyl groups excluding tert-OH is 1. The Morgan fingerprint density at radius 2 is 2.00 bits per heavy atom. The first-order chi connectivity index (χ1) is 13.2. The molecule has 0 bridgehead atoms. The van der Waals surface area contributed by atoms with E-state index in [4.69, 9.17) is 4.74 Å². The van der Waals surface area contributed by atoms with Crippen LogP contribution < -0.4 is 4.74 Å². The van der Waals surface area contributed by atoms with Crippen LogP contribution in [0.3, 0.4) is 0 Å². The third-order valence-corrected chi connectivity index (χ3v) is 6.14. The Kier molecular flexibility index (Phi) is 5.58. The van der Waals surface area contributed by atoms with Crippen molar-refractivity contribution in [3.05, 3.63) is 87.1 Å². The third-order valence-electron chi connectivity index (χ3n) is 5.14. The minimum atomic E-state index is -0.506. The molecule has 1 aliphatic heterocycles. The van der Waals surface area contributed by atoms with E-state index in [1.807, 2.05) is 41.7 Å². The molecular weight excluding hydrogens is 354 g/mol. The van der Waals surface area contributed by atoms with Crippen molar-refractivity contribution in [2.75, 3.05) is 13.2 Å². The highest BCUT2D eigenvalue weighted by molar-refractivity contribution is 7.10. The van der Waals surface area contributed by atoms with E-state index in [0.717, 1.165) is 42.1 Å². The van der Waals surface area contributed by atoms with E-state index >= 15 is 0 Å². The average Bonchev–Trinajstić information content (AvgIpc) is 2.97. The number of benzene rings is 2. The molecule has 0 spiro atoms. The molecule has 1 aromatic heterocycles. The van der Waals surface area contributed by atoms with Crippen molar-refractivity contribution in [2.24, 2.45) is 0 Å². The molecule has 0 saturated carbocycles. The van der Waals surface area contributed by atoms with Crippen LogP contribution in [0.2, 0.25) is 0 Å². The number of thiophene rings is 1. The fourth-order valence-electron chi connectivity index (χ4n) is 3.54. The number of aryl methyl sites for hydroxylation is 1. The monoisotopic (exact) mass is 379 g/mol. The summed E-state index contributed by atoms with van der Waals surface area (Å²) in [6.07, 6.45) is 0.118. The molecule has 4 heteroatoms. The zero-order valence-electron chi connectivity index (χ0n) is 15.6. The average molecular weight is 380 g/mol. The van der Waals surface area contributed by atoms with Gasteiger partial charge in [0, 0.05) is 36.5 Å². The van der Waals surface area contributed by atoms with Crippen LogP contribution in [0, 0.1) is 6.92 Å². The predicted octanol–water partition coefficient (Wildman–Crippen LogP) is 4.73. The van der Waals surface area contributed by atoms with Gasteiger partial charge >= 0.3 is 0 Å². The summed E-state index contributed by atoms with van der Waals surface area (Å²) in [6.45, 7) is 5.57. The lowest BCUT2D eigenvalue weighted by molar-refractivity contribution is 0.178. The molecule has 27 heavy (non-hydrogen) atoms. The maximum absolute atomic E-state index is 10.7. The van der Waals surface area contributed by atoms with Crippen LogP contribution in [0.1, 0.15) is 33.2 Å². The minimum Gasteiger partial charge on any atom is -0.492 e. The van der Waals surface area contributed by atoms with Gasteiger partial charge in [-0.05, 0) is 47.2 Å². The minimum absolute atomic E-state index is 0.506. The van der Waals surface area contributed by atoms with Crippen LogP contribution in [0.5, 0.6) is 5.75 Å². The van der Waals surface area contributed by atoms with Crippen LogP contribution in [-0.4, -0.2) is 23.2 Å². The van der Waals surface area contributed by atoms with E-state index in [9.17, 15) is 5.11 Å². The highest BCUT2D eigenvalue weighted by atomic mass is 32.1. The fraction of sp³-hybridized carbons (Fsp3) is 0.304. The van der Waals surface area contributed by atoms with Gasteiger partial charge in [0.25, 0.3) is 0 Å². The molecule has 1 N–H and O–H groups in total. The second-order valence-electron chi connectivity index (χ2n) is 7.16. The molecule has 4 rings (SSSR count). The Labute approximate surface area is 164 Å². The summed E-state index contributed by atoms with van der Waals surface area (Å²) in [7, 11) is 0. The fourth-order valence-corrected chi connectivity index (χ4v) is 4.48. The molecule has 3 nitrogen and oxygen atoms in total. The number of hydrogen-bond acceptors (Lipinski definition) is 4. The molecule has 0 amide bonds. The van der Waals surface area contributed by atoms with Crippen molar-refractivity contribution < 1.29 is 9.84 Å². The topological polar surface area (TPSA) is 32.7 Å². The normalized spacial score (nSPS) is 15.6. The first-order valence-corrected chi connectivity index (χ1v) is 10.3. The number of nitrogens with zero attached hydrogens (tertiary/aromatic N) is 1. The SMILES string of the molecule is Cc1ccsc1CN1CCOc2ccc([C@H](O)Cc3ccccc3)cc2C1. The molecule has 0 unspecified atom stereocenters. The Hall–Kier alpha value is -2.14. The summed E-state index contributed by atoms with van der Waals surface area (Å²) in [6, 6.07) is 18.4. The van der Waals surface area contributed by atoms with Crippen LogP contribution >= 0.6 is 11.3 Å². The van der Waals surface area contributed by atoms with Crippen molar-refractivity contribution in [2.45, 2.75) is 32.5 Å². The molecule has 140 valence electrons. The van der Waals surface area contributed by atoms with E-state index in [-0.39, 0.29) is 0 Å². The highest BCUT2D eigenvalue weighted by Gasteiger charge is 2.19. The van der Waals surface area contributed by atoms with E-state index < -0.39 is 6.10 Å². The lowest BCUT2D eigenvalue weighted by Crippen LogP contribution is -2.25. The molecule has 0 radical (unpaired) electrons. The van der Waals surface area contributed by atoms with Gasteiger partial charge in [-0.2, -0.15) is 0 Å². The van der Waals surface area contributed by atoms with Crippen LogP contribution in [-0.2, 0) is 19.5 Å². The summed E-state index contributed by atoms with van der Waals surface area (Å²) in [5, 5.41) is 12.9. The maximum Gasteiger partial charge on any atom is 0.123 e. The van der Waals surface area contributed by atoms with Crippen molar-refractivity contribution >= 4 is 11.3 Å². The van der Waals surface area contributed by atoms with Crippen molar-refractivity contribution in [1.29, 1.82) is 0 Å². The summed E-state index contributed by atoms with van der Waals surface area (Å²) in [5.74, 6) is 0.941. The second-order valence-corrected chi connectivity index (χ2v) is 8.16. The van der Waals surface area contributed by atoms with Crippen molar-refractivity contribution in [1.82, 2.24) is 4.90 Å². The number of aliphatic hydroxyl groups is 1. The van der Waals surface area contributed by atoms with Gasteiger partial charge in [-0.15, -0.1) is 11.3 Å². The number of rotatable bonds is 5. The summed E-state index contributed by atoms with van der Waals surface area (Å²) in [4.78, 5) is 3.84. The number of hydrogen-bond donors (Lipinski definition) is 1. The highest BCUT2D eigenvalue weighted by Crippen LogP contribution is 2.29. The molecule has 0 saturated heterocycles. The molecule has 1 aliphatic rings. The summed E-state index contributed by atoms with van der Waals surface area (Å²) in [5.41, 5.74) is 4.62. The maximum atomic E-state index is 10.7. The lowest BCUT2D eigenvalue weighted by atomic mass is 9.99. The van der Waals surface area contributed by atoms with Gasteiger partial charge in [0.15, 0.2) is 0 Å². The Balaban J connectivity index is 1.51. The van der Waals surface area contributed by atoms with Crippen molar-refractivity contribution in [3.8, 4) is 5.75 Å². The van der Waals surface area contributed by atoms with Gasteiger partial charge in [0.05, 0.1) is 6.10 Å². The van der Waals surface area contributed by atoms with E-state index in [2.05, 4.69) is 41.5 Å². The van der Waals surface area contributed by atoms with Gasteiger partial charge in [0.2, 0.25) is 0 Å².